The van der Waals surface area contributed by atoms with Crippen LogP contribution in [0.4, 0.5) is 0 Å². The average Bonchev–Trinajstić information content (AvgIpc) is 2.70. The molecular weight excluding hydrogens is 394 g/mol. The van der Waals surface area contributed by atoms with Crippen LogP contribution in [0.1, 0.15) is 53.4 Å². The molecule has 0 radical (unpaired) electrons. The van der Waals surface area contributed by atoms with Crippen LogP contribution in [0.5, 0.6) is 0 Å². The molecule has 0 amide bonds. The number of rotatable bonds is 7. The second-order valence-corrected chi connectivity index (χ2v) is 11.3. The first kappa shape index (κ1) is 21.9. The third kappa shape index (κ3) is 5.63. The summed E-state index contributed by atoms with van der Waals surface area (Å²) >= 11 is 0. The van der Waals surface area contributed by atoms with Gasteiger partial charge >= 0.3 is 0 Å². The third-order valence-electron chi connectivity index (χ3n) is 5.11. The van der Waals surface area contributed by atoms with Crippen molar-refractivity contribution in [2.75, 3.05) is 0 Å². The Morgan fingerprint density at radius 1 is 0.767 bits per heavy atom. The van der Waals surface area contributed by atoms with E-state index < -0.39 is 14.6 Å². The molecule has 4 nitrogen and oxygen atoms in total. The second-order valence-electron chi connectivity index (χ2n) is 8.52. The fourth-order valence-corrected chi connectivity index (χ4v) is 4.09. The summed E-state index contributed by atoms with van der Waals surface area (Å²) in [6, 6.07) is 18.9. The van der Waals surface area contributed by atoms with Crippen LogP contribution in [-0.2, 0) is 28.4 Å². The van der Waals surface area contributed by atoms with Crippen molar-refractivity contribution in [2.45, 2.75) is 44.1 Å². The molecule has 30 heavy (non-hydrogen) atoms. The van der Waals surface area contributed by atoms with Crippen LogP contribution in [0.2, 0.25) is 0 Å². The first-order valence-corrected chi connectivity index (χ1v) is 11.6. The molecule has 3 rings (SSSR count). The van der Waals surface area contributed by atoms with Gasteiger partial charge < -0.3 is 0 Å². The van der Waals surface area contributed by atoms with Crippen LogP contribution in [-0.4, -0.2) is 23.9 Å². The van der Waals surface area contributed by atoms with Gasteiger partial charge in [-0.2, -0.15) is 0 Å². The molecule has 0 atom stereocenters. The molecule has 0 spiro atoms. The van der Waals surface area contributed by atoms with E-state index in [1.165, 1.54) is 11.1 Å². The summed E-state index contributed by atoms with van der Waals surface area (Å²) < 4.78 is 23.9. The van der Waals surface area contributed by atoms with Gasteiger partial charge in [0.15, 0.2) is 15.6 Å². The Hall–Kier alpha value is -2.79. The van der Waals surface area contributed by atoms with Gasteiger partial charge in [-0.15, -0.1) is 0 Å². The standard InChI is InChI=1S/C25H27NO3S/c1-25(2,3)30(28,29)18-22-8-10-23(11-9-22)24(27)17-20-6-4-19(5-7-20)16-21-12-14-26-15-13-21/h4-15H,16-18H2,1-3H3. The van der Waals surface area contributed by atoms with Crippen molar-refractivity contribution in [3.63, 3.8) is 0 Å². The Morgan fingerprint density at radius 3 is 1.83 bits per heavy atom. The number of pyridine rings is 1. The zero-order valence-electron chi connectivity index (χ0n) is 17.6. The minimum absolute atomic E-state index is 0.0158. The smallest absolute Gasteiger partial charge is 0.167 e. The molecule has 5 heteroatoms. The first-order valence-electron chi connectivity index (χ1n) is 9.95. The Morgan fingerprint density at radius 2 is 1.27 bits per heavy atom. The minimum atomic E-state index is -3.25. The van der Waals surface area contributed by atoms with E-state index in [0.717, 1.165) is 12.0 Å². The van der Waals surface area contributed by atoms with Gasteiger partial charge in [0.2, 0.25) is 0 Å². The summed E-state index contributed by atoms with van der Waals surface area (Å²) in [4.78, 5) is 16.6. The third-order valence-corrected chi connectivity index (χ3v) is 7.69. The van der Waals surface area contributed by atoms with E-state index >= 15 is 0 Å². The maximum atomic E-state index is 12.6. The Balaban J connectivity index is 1.62. The Kier molecular flexibility index (Phi) is 6.52. The highest BCUT2D eigenvalue weighted by atomic mass is 32.2. The van der Waals surface area contributed by atoms with Crippen molar-refractivity contribution in [3.05, 3.63) is 101 Å². The van der Waals surface area contributed by atoms with E-state index in [1.54, 1.807) is 57.4 Å². The fourth-order valence-electron chi connectivity index (χ4n) is 3.02. The molecule has 0 bridgehead atoms. The van der Waals surface area contributed by atoms with E-state index in [9.17, 15) is 13.2 Å². The highest BCUT2D eigenvalue weighted by Crippen LogP contribution is 2.21. The van der Waals surface area contributed by atoms with Crippen molar-refractivity contribution in [2.24, 2.45) is 0 Å². The topological polar surface area (TPSA) is 64.1 Å². The van der Waals surface area contributed by atoms with Crippen LogP contribution in [0.15, 0.2) is 73.1 Å². The van der Waals surface area contributed by atoms with Crippen LogP contribution < -0.4 is 0 Å². The van der Waals surface area contributed by atoms with Crippen LogP contribution in [0.25, 0.3) is 0 Å². The van der Waals surface area contributed by atoms with Gasteiger partial charge in [-0.1, -0.05) is 48.5 Å². The fraction of sp³-hybridized carbons (Fsp3) is 0.280. The number of carbonyl (C=O) groups is 1. The molecule has 3 aromatic rings. The summed E-state index contributed by atoms with van der Waals surface area (Å²) in [6.07, 6.45) is 4.71. The number of Topliss-reactive ketones (excluding diaryl/α,β-unsaturated/α-hetero) is 1. The van der Waals surface area contributed by atoms with Gasteiger partial charge in [0.05, 0.1) is 10.5 Å². The summed E-state index contributed by atoms with van der Waals surface area (Å²) in [5, 5.41) is 0. The van der Waals surface area contributed by atoms with Crippen molar-refractivity contribution in [1.29, 1.82) is 0 Å². The van der Waals surface area contributed by atoms with Crippen LogP contribution in [0, 0.1) is 0 Å². The van der Waals surface area contributed by atoms with Crippen LogP contribution >= 0.6 is 0 Å². The van der Waals surface area contributed by atoms with Crippen molar-refractivity contribution >= 4 is 15.6 Å². The Bertz CT molecular complexity index is 1100. The first-order chi connectivity index (χ1) is 14.1. The summed E-state index contributed by atoms with van der Waals surface area (Å²) in [5.41, 5.74) is 4.62. The van der Waals surface area contributed by atoms with Crippen molar-refractivity contribution in [3.8, 4) is 0 Å². The van der Waals surface area contributed by atoms with Gasteiger partial charge in [0, 0.05) is 24.4 Å². The van der Waals surface area contributed by atoms with Crippen molar-refractivity contribution < 1.29 is 13.2 Å². The number of hydrogen-bond donors (Lipinski definition) is 0. The number of nitrogens with zero attached hydrogens (tertiary/aromatic N) is 1. The number of carbonyl (C=O) groups excluding carboxylic acids is 1. The normalized spacial score (nSPS) is 12.0. The monoisotopic (exact) mass is 421 g/mol. The van der Waals surface area contributed by atoms with Crippen LogP contribution in [0.3, 0.4) is 0 Å². The lowest BCUT2D eigenvalue weighted by atomic mass is 9.99. The van der Waals surface area contributed by atoms with E-state index in [-0.39, 0.29) is 11.5 Å². The largest absolute Gasteiger partial charge is 0.294 e. The van der Waals surface area contributed by atoms with E-state index in [4.69, 9.17) is 0 Å². The van der Waals surface area contributed by atoms with Gasteiger partial charge in [0.25, 0.3) is 0 Å². The zero-order valence-corrected chi connectivity index (χ0v) is 18.4. The molecule has 0 fully saturated rings. The maximum absolute atomic E-state index is 12.6. The molecule has 156 valence electrons. The predicted molar refractivity (Wildman–Crippen MR) is 120 cm³/mol. The molecule has 0 saturated heterocycles. The lowest BCUT2D eigenvalue weighted by Gasteiger charge is -2.19. The molecule has 2 aromatic carbocycles. The summed E-state index contributed by atoms with van der Waals surface area (Å²) in [7, 11) is -3.25. The zero-order chi connectivity index (χ0) is 21.8. The maximum Gasteiger partial charge on any atom is 0.167 e. The number of benzene rings is 2. The number of ketones is 1. The van der Waals surface area contributed by atoms with Gasteiger partial charge in [-0.25, -0.2) is 8.42 Å². The predicted octanol–water partition coefficient (Wildman–Crippen LogP) is 4.81. The van der Waals surface area contributed by atoms with E-state index in [2.05, 4.69) is 4.98 Å². The molecule has 0 N–H and O–H groups in total. The quantitative estimate of drug-likeness (QED) is 0.514. The van der Waals surface area contributed by atoms with Crippen molar-refractivity contribution in [1.82, 2.24) is 4.98 Å². The number of hydrogen-bond acceptors (Lipinski definition) is 4. The lowest BCUT2D eigenvalue weighted by Crippen LogP contribution is -2.29. The summed E-state index contributed by atoms with van der Waals surface area (Å²) in [5.74, 6) is -0.00805. The molecule has 0 aliphatic heterocycles. The molecule has 0 unspecified atom stereocenters. The summed E-state index contributed by atoms with van der Waals surface area (Å²) in [6.45, 7) is 5.09. The molecule has 0 aliphatic rings. The number of sulfone groups is 1. The second kappa shape index (κ2) is 8.92. The minimum Gasteiger partial charge on any atom is -0.294 e. The molecule has 1 aromatic heterocycles. The van der Waals surface area contributed by atoms with Gasteiger partial charge in [0.1, 0.15) is 0 Å². The van der Waals surface area contributed by atoms with Gasteiger partial charge in [-0.3, -0.25) is 9.78 Å². The molecule has 0 aliphatic carbocycles. The highest BCUT2D eigenvalue weighted by Gasteiger charge is 2.28. The molecule has 1 heterocycles. The van der Waals surface area contributed by atoms with E-state index in [0.29, 0.717) is 17.5 Å². The lowest BCUT2D eigenvalue weighted by molar-refractivity contribution is 0.0993. The SMILES string of the molecule is CC(C)(C)S(=O)(=O)Cc1ccc(C(=O)Cc2ccc(Cc3ccncc3)cc2)cc1. The van der Waals surface area contributed by atoms with E-state index in [1.807, 2.05) is 36.4 Å². The van der Waals surface area contributed by atoms with Gasteiger partial charge in [-0.05, 0) is 61.6 Å². The number of aromatic nitrogens is 1. The molecule has 0 saturated carbocycles. The average molecular weight is 422 g/mol. The molecular formula is C25H27NO3S. The highest BCUT2D eigenvalue weighted by molar-refractivity contribution is 7.91. The Labute approximate surface area is 178 Å².